The zero-order chi connectivity index (χ0) is 18.0. The zero-order valence-corrected chi connectivity index (χ0v) is 14.4. The molecule has 128 valence electrons. The van der Waals surface area contributed by atoms with Gasteiger partial charge in [-0.1, -0.05) is 12.1 Å². The Balaban J connectivity index is 1.75. The van der Waals surface area contributed by atoms with E-state index in [9.17, 15) is 14.4 Å². The number of nitrogens with zero attached hydrogens (tertiary/aromatic N) is 3. The Morgan fingerprint density at radius 3 is 2.28 bits per heavy atom. The molecule has 0 radical (unpaired) electrons. The van der Waals surface area contributed by atoms with Crippen molar-refractivity contribution in [3.8, 4) is 5.75 Å². The van der Waals surface area contributed by atoms with Crippen molar-refractivity contribution in [1.29, 1.82) is 0 Å². The molecular weight excluding hydrogens is 342 g/mol. The van der Waals surface area contributed by atoms with Gasteiger partial charge < -0.3 is 4.74 Å². The first-order valence-electron chi connectivity index (χ1n) is 7.39. The van der Waals surface area contributed by atoms with Crippen molar-refractivity contribution in [2.75, 3.05) is 14.1 Å². The lowest BCUT2D eigenvalue weighted by molar-refractivity contribution is -0.134. The van der Waals surface area contributed by atoms with Gasteiger partial charge in [0, 0.05) is 19.5 Å². The van der Waals surface area contributed by atoms with Crippen molar-refractivity contribution >= 4 is 35.3 Å². The van der Waals surface area contributed by atoms with E-state index in [4.69, 9.17) is 4.74 Å². The van der Waals surface area contributed by atoms with E-state index in [0.717, 1.165) is 15.5 Å². The normalized spacial score (nSPS) is 15.0. The molecule has 0 aliphatic carbocycles. The third-order valence-electron chi connectivity index (χ3n) is 3.71. The molecule has 0 saturated carbocycles. The van der Waals surface area contributed by atoms with Crippen LogP contribution >= 0.6 is 11.3 Å². The molecule has 2 aromatic rings. The fourth-order valence-corrected chi connectivity index (χ4v) is 2.81. The maximum atomic E-state index is 12.2. The Labute approximate surface area is 148 Å². The quantitative estimate of drug-likeness (QED) is 0.619. The molecule has 7 nitrogen and oxygen atoms in total. The van der Waals surface area contributed by atoms with E-state index in [2.05, 4.69) is 4.98 Å². The molecule has 3 rings (SSSR count). The summed E-state index contributed by atoms with van der Waals surface area (Å²) in [5, 5.41) is 1.91. The van der Waals surface area contributed by atoms with Crippen molar-refractivity contribution in [3.63, 3.8) is 0 Å². The number of amides is 4. The third-order valence-corrected chi connectivity index (χ3v) is 4.34. The monoisotopic (exact) mass is 357 g/mol. The number of likely N-dealkylation sites (N-methyl/N-ethyl adjacent to an activating group) is 2. The number of hydrogen-bond acceptors (Lipinski definition) is 6. The van der Waals surface area contributed by atoms with E-state index in [1.807, 2.05) is 5.38 Å². The van der Waals surface area contributed by atoms with Gasteiger partial charge in [-0.3, -0.25) is 19.4 Å². The fraction of sp³-hybridized carbons (Fsp3) is 0.176. The molecule has 0 N–H and O–H groups in total. The average molecular weight is 357 g/mol. The number of carbonyl (C=O) groups is 3. The Kier molecular flexibility index (Phi) is 4.62. The summed E-state index contributed by atoms with van der Waals surface area (Å²) < 4.78 is 5.61. The van der Waals surface area contributed by atoms with E-state index >= 15 is 0 Å². The Bertz CT molecular complexity index is 817. The molecule has 0 spiro atoms. The number of imide groups is 2. The Morgan fingerprint density at radius 2 is 1.72 bits per heavy atom. The number of hydrogen-bond donors (Lipinski definition) is 0. The molecular formula is C17H15N3O4S. The zero-order valence-electron chi connectivity index (χ0n) is 13.6. The minimum Gasteiger partial charge on any atom is -0.487 e. The van der Waals surface area contributed by atoms with E-state index in [1.54, 1.807) is 29.8 Å². The number of aromatic nitrogens is 1. The number of barbiturate groups is 1. The SMILES string of the molecule is CN1C(=O)C(=Cc2ccc(OCc3cscn3)cc2)C(=O)N(C)C1=O. The van der Waals surface area contributed by atoms with Crippen molar-refractivity contribution in [2.45, 2.75) is 6.61 Å². The lowest BCUT2D eigenvalue weighted by Gasteiger charge is -2.28. The summed E-state index contributed by atoms with van der Waals surface area (Å²) in [5.41, 5.74) is 3.20. The lowest BCUT2D eigenvalue weighted by Crippen LogP contribution is -2.52. The predicted octanol–water partition coefficient (Wildman–Crippen LogP) is 2.16. The van der Waals surface area contributed by atoms with Gasteiger partial charge in [-0.2, -0.15) is 0 Å². The highest BCUT2D eigenvalue weighted by Gasteiger charge is 2.37. The van der Waals surface area contributed by atoms with Crippen LogP contribution in [0.1, 0.15) is 11.3 Å². The largest absolute Gasteiger partial charge is 0.487 e. The molecule has 8 heteroatoms. The second-order valence-corrected chi connectivity index (χ2v) is 6.13. The Hall–Kier alpha value is -3.00. The summed E-state index contributed by atoms with van der Waals surface area (Å²) in [6.45, 7) is 0.374. The molecule has 0 bridgehead atoms. The molecule has 4 amide bonds. The first-order valence-corrected chi connectivity index (χ1v) is 8.33. The van der Waals surface area contributed by atoms with Gasteiger partial charge in [0.2, 0.25) is 0 Å². The predicted molar refractivity (Wildman–Crippen MR) is 91.8 cm³/mol. The van der Waals surface area contributed by atoms with Crippen molar-refractivity contribution < 1.29 is 19.1 Å². The smallest absolute Gasteiger partial charge is 0.333 e. The van der Waals surface area contributed by atoms with Crippen LogP contribution in [0.2, 0.25) is 0 Å². The van der Waals surface area contributed by atoms with Gasteiger partial charge in [0.15, 0.2) is 0 Å². The lowest BCUT2D eigenvalue weighted by atomic mass is 10.1. The van der Waals surface area contributed by atoms with Gasteiger partial charge >= 0.3 is 6.03 Å². The number of ether oxygens (including phenoxy) is 1. The van der Waals surface area contributed by atoms with Crippen LogP contribution in [0.3, 0.4) is 0 Å². The number of thiazole rings is 1. The van der Waals surface area contributed by atoms with Crippen LogP contribution in [0.5, 0.6) is 5.75 Å². The molecule has 2 heterocycles. The van der Waals surface area contributed by atoms with E-state index in [1.165, 1.54) is 31.5 Å². The van der Waals surface area contributed by atoms with Gasteiger partial charge in [-0.25, -0.2) is 9.78 Å². The molecule has 1 aromatic heterocycles. The highest BCUT2D eigenvalue weighted by Crippen LogP contribution is 2.20. The summed E-state index contributed by atoms with van der Waals surface area (Å²) in [7, 11) is 2.69. The topological polar surface area (TPSA) is 79.8 Å². The first-order chi connectivity index (χ1) is 12.0. The highest BCUT2D eigenvalue weighted by molar-refractivity contribution is 7.07. The minimum atomic E-state index is -0.641. The van der Waals surface area contributed by atoms with Crippen LogP contribution in [0.15, 0.2) is 40.7 Å². The van der Waals surface area contributed by atoms with E-state index in [-0.39, 0.29) is 5.57 Å². The molecule has 25 heavy (non-hydrogen) atoms. The number of urea groups is 1. The second kappa shape index (κ2) is 6.86. The van der Waals surface area contributed by atoms with E-state index < -0.39 is 17.8 Å². The third kappa shape index (κ3) is 3.43. The van der Waals surface area contributed by atoms with Crippen LogP contribution in [-0.2, 0) is 16.2 Å². The van der Waals surface area contributed by atoms with Gasteiger partial charge in [0.25, 0.3) is 11.8 Å². The Morgan fingerprint density at radius 1 is 1.08 bits per heavy atom. The molecule has 0 unspecified atom stereocenters. The van der Waals surface area contributed by atoms with Gasteiger partial charge in [0.05, 0.1) is 11.2 Å². The molecule has 1 aliphatic heterocycles. The summed E-state index contributed by atoms with van der Waals surface area (Å²) >= 11 is 1.50. The average Bonchev–Trinajstić information content (AvgIpc) is 3.15. The number of carbonyl (C=O) groups excluding carboxylic acids is 3. The summed E-state index contributed by atoms with van der Waals surface area (Å²) in [6, 6.07) is 6.32. The van der Waals surface area contributed by atoms with Crippen LogP contribution < -0.4 is 4.74 Å². The molecule has 1 fully saturated rings. The van der Waals surface area contributed by atoms with Crippen molar-refractivity contribution in [1.82, 2.24) is 14.8 Å². The maximum absolute atomic E-state index is 12.2. The van der Waals surface area contributed by atoms with Crippen molar-refractivity contribution in [2.24, 2.45) is 0 Å². The van der Waals surface area contributed by atoms with Gasteiger partial charge in [-0.05, 0) is 23.8 Å². The van der Waals surface area contributed by atoms with Crippen LogP contribution in [0, 0.1) is 0 Å². The summed E-state index contributed by atoms with van der Waals surface area (Å²) in [6.07, 6.45) is 1.47. The molecule has 1 aliphatic rings. The van der Waals surface area contributed by atoms with Crippen LogP contribution in [0.25, 0.3) is 6.08 Å². The van der Waals surface area contributed by atoms with Gasteiger partial charge in [0.1, 0.15) is 17.9 Å². The standard InChI is InChI=1S/C17H15N3O4S/c1-19-15(21)14(16(22)20(2)17(19)23)7-11-3-5-13(6-4-11)24-8-12-9-25-10-18-12/h3-7,9-10H,8H2,1-2H3. The molecule has 0 atom stereocenters. The highest BCUT2D eigenvalue weighted by atomic mass is 32.1. The first kappa shape index (κ1) is 16.8. The molecule has 1 aromatic carbocycles. The summed E-state index contributed by atoms with van der Waals surface area (Å²) in [5.74, 6) is -0.574. The van der Waals surface area contributed by atoms with Gasteiger partial charge in [-0.15, -0.1) is 11.3 Å². The van der Waals surface area contributed by atoms with Crippen LogP contribution in [-0.4, -0.2) is 46.7 Å². The second-order valence-electron chi connectivity index (χ2n) is 5.41. The minimum absolute atomic E-state index is 0.0549. The molecule has 1 saturated heterocycles. The number of rotatable bonds is 4. The maximum Gasteiger partial charge on any atom is 0.333 e. The van der Waals surface area contributed by atoms with Crippen LogP contribution in [0.4, 0.5) is 4.79 Å². The summed E-state index contributed by atoms with van der Waals surface area (Å²) in [4.78, 5) is 42.0. The number of benzene rings is 1. The van der Waals surface area contributed by atoms with Crippen molar-refractivity contribution in [3.05, 3.63) is 52.0 Å². The van der Waals surface area contributed by atoms with E-state index in [0.29, 0.717) is 17.9 Å². The fourth-order valence-electron chi connectivity index (χ4n) is 2.27.